The van der Waals surface area contributed by atoms with Gasteiger partial charge in [0.25, 0.3) is 0 Å². The summed E-state index contributed by atoms with van der Waals surface area (Å²) in [5.41, 5.74) is 6.90. The maximum absolute atomic E-state index is 5.85. The van der Waals surface area contributed by atoms with Crippen LogP contribution >= 0.6 is 24.0 Å². The normalized spacial score (nSPS) is 12.2. The van der Waals surface area contributed by atoms with Crippen molar-refractivity contribution in [3.05, 3.63) is 30.1 Å². The Morgan fingerprint density at radius 1 is 1.40 bits per heavy atom. The average Bonchev–Trinajstić information content (AvgIpc) is 2.37. The number of nitrogens with zero attached hydrogens (tertiary/aromatic N) is 3. The van der Waals surface area contributed by atoms with Gasteiger partial charge < -0.3 is 16.0 Å². The van der Waals surface area contributed by atoms with Gasteiger partial charge in [-0.15, -0.1) is 24.0 Å². The number of likely N-dealkylation sites (N-methyl/N-ethyl adjacent to an activating group) is 1. The van der Waals surface area contributed by atoms with Crippen molar-refractivity contribution in [1.29, 1.82) is 0 Å². The summed E-state index contributed by atoms with van der Waals surface area (Å²) in [6.07, 6.45) is 2.64. The summed E-state index contributed by atoms with van der Waals surface area (Å²) in [6.45, 7) is 5.69. The topological polar surface area (TPSA) is 66.5 Å². The summed E-state index contributed by atoms with van der Waals surface area (Å²) in [4.78, 5) is 10.8. The van der Waals surface area contributed by atoms with Crippen molar-refractivity contribution in [3.63, 3.8) is 0 Å². The van der Waals surface area contributed by atoms with Crippen molar-refractivity contribution in [1.82, 2.24) is 15.2 Å². The van der Waals surface area contributed by atoms with Gasteiger partial charge in [-0.2, -0.15) is 0 Å². The Hall–Kier alpha value is -0.890. The lowest BCUT2D eigenvalue weighted by atomic mass is 10.1. The first kappa shape index (κ1) is 19.1. The van der Waals surface area contributed by atoms with E-state index in [1.807, 2.05) is 32.3 Å². The van der Waals surface area contributed by atoms with E-state index in [1.165, 1.54) is 0 Å². The minimum Gasteiger partial charge on any atom is -0.370 e. The Kier molecular flexibility index (Phi) is 8.71. The van der Waals surface area contributed by atoms with Gasteiger partial charge in [0.2, 0.25) is 0 Å². The highest BCUT2D eigenvalue weighted by molar-refractivity contribution is 14.0. The van der Waals surface area contributed by atoms with Crippen LogP contribution in [-0.4, -0.2) is 48.6 Å². The first-order valence-electron chi connectivity index (χ1n) is 6.53. The molecule has 1 rings (SSSR count). The van der Waals surface area contributed by atoms with E-state index in [-0.39, 0.29) is 29.5 Å². The maximum Gasteiger partial charge on any atom is 0.188 e. The van der Waals surface area contributed by atoms with Crippen molar-refractivity contribution < 1.29 is 0 Å². The Bertz CT molecular complexity index is 403. The fourth-order valence-electron chi connectivity index (χ4n) is 1.34. The molecule has 0 aliphatic heterocycles. The van der Waals surface area contributed by atoms with Crippen LogP contribution in [0, 0.1) is 0 Å². The summed E-state index contributed by atoms with van der Waals surface area (Å²) in [5, 5.41) is 3.11. The van der Waals surface area contributed by atoms with Crippen molar-refractivity contribution in [2.24, 2.45) is 10.7 Å². The number of nitrogens with two attached hydrogens (primary N) is 1. The zero-order valence-electron chi connectivity index (χ0n) is 12.8. The molecule has 0 atom stereocenters. The van der Waals surface area contributed by atoms with Crippen molar-refractivity contribution in [2.75, 3.05) is 27.2 Å². The number of hydrogen-bond donors (Lipinski definition) is 2. The van der Waals surface area contributed by atoms with Crippen molar-refractivity contribution >= 4 is 29.9 Å². The first-order valence-corrected chi connectivity index (χ1v) is 6.53. The molecular formula is C14H26IN5. The molecule has 0 spiro atoms. The minimum atomic E-state index is 0. The number of aromatic nitrogens is 1. The molecule has 20 heavy (non-hydrogen) atoms. The predicted octanol–water partition coefficient (Wildman–Crippen LogP) is 1.49. The third-order valence-corrected chi connectivity index (χ3v) is 3.26. The van der Waals surface area contributed by atoms with E-state index in [1.54, 1.807) is 6.20 Å². The Morgan fingerprint density at radius 2 is 2.10 bits per heavy atom. The van der Waals surface area contributed by atoms with Gasteiger partial charge in [-0.05, 0) is 40.1 Å². The number of pyridine rings is 1. The molecule has 0 aromatic carbocycles. The Balaban J connectivity index is 0.00000361. The molecule has 0 bridgehead atoms. The second-order valence-electron chi connectivity index (χ2n) is 5.41. The fraction of sp³-hybridized carbons (Fsp3) is 0.571. The maximum atomic E-state index is 5.85. The summed E-state index contributed by atoms with van der Waals surface area (Å²) < 4.78 is 0. The number of halogens is 1. The zero-order chi connectivity index (χ0) is 14.3. The lowest BCUT2D eigenvalue weighted by Gasteiger charge is -2.30. The van der Waals surface area contributed by atoms with Crippen LogP contribution < -0.4 is 11.1 Å². The molecule has 0 saturated carbocycles. The van der Waals surface area contributed by atoms with Crippen LogP contribution in [0.2, 0.25) is 0 Å². The second-order valence-corrected chi connectivity index (χ2v) is 5.41. The van der Waals surface area contributed by atoms with E-state index in [0.717, 1.165) is 18.7 Å². The van der Waals surface area contributed by atoms with Gasteiger partial charge in [-0.3, -0.25) is 9.98 Å². The number of aliphatic imine (C=N–C) groups is 1. The SMILES string of the molecule is CN(C)C(C)(C)CN=C(N)NCCc1ccccn1.I. The molecule has 0 fully saturated rings. The quantitative estimate of drug-likeness (QED) is 0.438. The number of nitrogens with one attached hydrogen (secondary N) is 1. The van der Waals surface area contributed by atoms with Crippen LogP contribution in [0.5, 0.6) is 0 Å². The van der Waals surface area contributed by atoms with Gasteiger partial charge in [0.05, 0.1) is 6.54 Å². The van der Waals surface area contributed by atoms with Crippen LogP contribution in [0.3, 0.4) is 0 Å². The highest BCUT2D eigenvalue weighted by atomic mass is 127. The van der Waals surface area contributed by atoms with Gasteiger partial charge in [-0.25, -0.2) is 0 Å². The van der Waals surface area contributed by atoms with E-state index < -0.39 is 0 Å². The largest absolute Gasteiger partial charge is 0.370 e. The molecule has 0 saturated heterocycles. The third kappa shape index (κ3) is 7.04. The standard InChI is InChI=1S/C14H25N5.HI/c1-14(2,19(3)4)11-18-13(15)17-10-8-12-7-5-6-9-16-12;/h5-7,9H,8,10-11H2,1-4H3,(H3,15,17,18);1H. The monoisotopic (exact) mass is 391 g/mol. The molecule has 0 radical (unpaired) electrons. The molecule has 5 nitrogen and oxygen atoms in total. The van der Waals surface area contributed by atoms with Gasteiger partial charge in [-0.1, -0.05) is 6.07 Å². The summed E-state index contributed by atoms with van der Waals surface area (Å²) >= 11 is 0. The lowest BCUT2D eigenvalue weighted by molar-refractivity contribution is 0.205. The second kappa shape index (κ2) is 9.12. The molecule has 3 N–H and O–H groups in total. The van der Waals surface area contributed by atoms with Crippen LogP contribution in [0.15, 0.2) is 29.4 Å². The number of hydrogen-bond acceptors (Lipinski definition) is 3. The lowest BCUT2D eigenvalue weighted by Crippen LogP contribution is -2.42. The minimum absolute atomic E-state index is 0. The molecule has 6 heteroatoms. The van der Waals surface area contributed by atoms with E-state index in [0.29, 0.717) is 12.5 Å². The van der Waals surface area contributed by atoms with Gasteiger partial charge in [0.1, 0.15) is 0 Å². The molecular weight excluding hydrogens is 365 g/mol. The molecule has 1 heterocycles. The van der Waals surface area contributed by atoms with Gasteiger partial charge >= 0.3 is 0 Å². The van der Waals surface area contributed by atoms with Crippen molar-refractivity contribution in [3.8, 4) is 0 Å². The van der Waals surface area contributed by atoms with E-state index in [4.69, 9.17) is 5.73 Å². The van der Waals surface area contributed by atoms with E-state index in [2.05, 4.69) is 34.0 Å². The highest BCUT2D eigenvalue weighted by Crippen LogP contribution is 2.09. The van der Waals surface area contributed by atoms with Gasteiger partial charge in [0.15, 0.2) is 5.96 Å². The summed E-state index contributed by atoms with van der Waals surface area (Å²) in [7, 11) is 4.08. The summed E-state index contributed by atoms with van der Waals surface area (Å²) in [5.74, 6) is 0.492. The molecule has 1 aromatic rings. The smallest absolute Gasteiger partial charge is 0.188 e. The number of guanidine groups is 1. The van der Waals surface area contributed by atoms with Crippen molar-refractivity contribution in [2.45, 2.75) is 25.8 Å². The molecule has 1 aromatic heterocycles. The van der Waals surface area contributed by atoms with Crippen LogP contribution in [0.1, 0.15) is 19.5 Å². The first-order chi connectivity index (χ1) is 8.92. The Labute approximate surface area is 139 Å². The number of rotatable bonds is 6. The molecule has 0 aliphatic rings. The van der Waals surface area contributed by atoms with Crippen LogP contribution in [0.4, 0.5) is 0 Å². The van der Waals surface area contributed by atoms with Gasteiger partial charge in [0, 0.05) is 30.4 Å². The third-order valence-electron chi connectivity index (χ3n) is 3.26. The van der Waals surface area contributed by atoms with Crippen LogP contribution in [0.25, 0.3) is 0 Å². The highest BCUT2D eigenvalue weighted by Gasteiger charge is 2.19. The van der Waals surface area contributed by atoms with E-state index in [9.17, 15) is 0 Å². The molecule has 0 amide bonds. The fourth-order valence-corrected chi connectivity index (χ4v) is 1.34. The molecule has 0 aliphatic carbocycles. The molecule has 114 valence electrons. The van der Waals surface area contributed by atoms with Crippen LogP contribution in [-0.2, 0) is 6.42 Å². The van der Waals surface area contributed by atoms with E-state index >= 15 is 0 Å². The summed E-state index contributed by atoms with van der Waals surface area (Å²) in [6, 6.07) is 5.90. The molecule has 0 unspecified atom stereocenters. The Morgan fingerprint density at radius 3 is 2.65 bits per heavy atom. The zero-order valence-corrected chi connectivity index (χ0v) is 15.1. The predicted molar refractivity (Wildman–Crippen MR) is 95.6 cm³/mol. The average molecular weight is 391 g/mol.